The number of nitrogens with zero attached hydrogens (tertiary/aromatic N) is 1. The number of carbonyl (C=O) groups is 1. The quantitative estimate of drug-likeness (QED) is 0.853. The first kappa shape index (κ1) is 17.4. The average molecular weight is 346 g/mol. The summed E-state index contributed by atoms with van der Waals surface area (Å²) in [5.74, 6) is -0.410. The molecule has 0 bridgehead atoms. The van der Waals surface area contributed by atoms with E-state index < -0.39 is 21.3 Å². The molecule has 0 aliphatic heterocycles. The molecule has 1 saturated carbocycles. The van der Waals surface area contributed by atoms with Gasteiger partial charge in [0.1, 0.15) is 0 Å². The zero-order valence-corrected chi connectivity index (χ0v) is 14.8. The average Bonchev–Trinajstić information content (AvgIpc) is 3.03. The molecule has 1 amide bonds. The van der Waals surface area contributed by atoms with E-state index in [1.54, 1.807) is 21.0 Å². The van der Waals surface area contributed by atoms with Crippen LogP contribution in [-0.4, -0.2) is 33.0 Å². The Balaban J connectivity index is 2.20. The van der Waals surface area contributed by atoms with Crippen LogP contribution in [0.25, 0.3) is 0 Å². The fraction of sp³-hybridized carbons (Fsp3) is 0.714. The molecular formula is C14H22N2O4S2. The number of sulfonamides is 1. The molecule has 6 nitrogen and oxygen atoms in total. The molecule has 1 N–H and O–H groups in total. The number of hydrogen-bond donors (Lipinski definition) is 1. The Labute approximate surface area is 135 Å². The van der Waals surface area contributed by atoms with Gasteiger partial charge in [-0.25, -0.2) is 18.1 Å². The van der Waals surface area contributed by atoms with E-state index in [0.717, 1.165) is 24.2 Å². The zero-order valence-electron chi connectivity index (χ0n) is 13.1. The van der Waals surface area contributed by atoms with Gasteiger partial charge in [0.25, 0.3) is 10.0 Å². The van der Waals surface area contributed by atoms with Crippen LogP contribution < -0.4 is 4.72 Å². The van der Waals surface area contributed by atoms with Crippen LogP contribution in [0.2, 0.25) is 0 Å². The number of aromatic nitrogens is 1. The van der Waals surface area contributed by atoms with Crippen LogP contribution in [0.1, 0.15) is 42.8 Å². The summed E-state index contributed by atoms with van der Waals surface area (Å²) in [5, 5.41) is 0.667. The number of methoxy groups -OCH3 is 1. The highest BCUT2D eigenvalue weighted by molar-refractivity contribution is 7.92. The highest BCUT2D eigenvalue weighted by Gasteiger charge is 2.42. The lowest BCUT2D eigenvalue weighted by Gasteiger charge is -2.27. The summed E-state index contributed by atoms with van der Waals surface area (Å²) in [6.45, 7) is 3.83. The number of nitrogens with one attached hydrogen (secondary N) is 1. The number of thiazole rings is 1. The third-order valence-corrected chi connectivity index (χ3v) is 7.17. The summed E-state index contributed by atoms with van der Waals surface area (Å²) in [5.41, 5.74) is -0.198. The van der Waals surface area contributed by atoms with Gasteiger partial charge in [-0.15, -0.1) is 11.3 Å². The van der Waals surface area contributed by atoms with Crippen molar-refractivity contribution < 1.29 is 17.9 Å². The molecule has 1 aromatic rings. The highest BCUT2D eigenvalue weighted by atomic mass is 32.2. The van der Waals surface area contributed by atoms with Crippen LogP contribution in [0.15, 0.2) is 4.21 Å². The van der Waals surface area contributed by atoms with Crippen molar-refractivity contribution in [2.75, 3.05) is 13.7 Å². The smallest absolute Gasteiger partial charge is 0.275 e. The van der Waals surface area contributed by atoms with Crippen LogP contribution in [0, 0.1) is 19.3 Å². The first-order valence-corrected chi connectivity index (χ1v) is 9.61. The predicted molar refractivity (Wildman–Crippen MR) is 84.3 cm³/mol. The molecule has 0 spiro atoms. The van der Waals surface area contributed by atoms with E-state index in [0.29, 0.717) is 36.6 Å². The van der Waals surface area contributed by atoms with Crippen LogP contribution in [0.4, 0.5) is 0 Å². The van der Waals surface area contributed by atoms with Crippen molar-refractivity contribution in [2.24, 2.45) is 5.41 Å². The standard InChI is InChI=1S/C14H22N2O4S2/c1-10-12(21-11(2)15-10)22(18,19)16-13(17)14(8-9-20-3)6-4-5-7-14/h4-9H2,1-3H3,(H,16,17). The molecule has 1 aromatic heterocycles. The Morgan fingerprint density at radius 3 is 2.50 bits per heavy atom. The zero-order chi connectivity index (χ0) is 16.4. The first-order valence-electron chi connectivity index (χ1n) is 7.31. The van der Waals surface area contributed by atoms with Crippen molar-refractivity contribution in [1.29, 1.82) is 0 Å². The summed E-state index contributed by atoms with van der Waals surface area (Å²) < 4.78 is 32.4. The maximum atomic E-state index is 12.6. The molecule has 0 unspecified atom stereocenters. The van der Waals surface area contributed by atoms with Gasteiger partial charge in [-0.1, -0.05) is 12.8 Å². The molecule has 0 atom stereocenters. The molecular weight excluding hydrogens is 324 g/mol. The van der Waals surface area contributed by atoms with E-state index in [-0.39, 0.29) is 4.21 Å². The molecule has 1 aliphatic carbocycles. The van der Waals surface area contributed by atoms with E-state index in [4.69, 9.17) is 4.74 Å². The van der Waals surface area contributed by atoms with Crippen molar-refractivity contribution in [3.63, 3.8) is 0 Å². The number of hydrogen-bond acceptors (Lipinski definition) is 6. The molecule has 8 heteroatoms. The van der Waals surface area contributed by atoms with E-state index in [1.165, 1.54) is 0 Å². The molecule has 0 radical (unpaired) electrons. The van der Waals surface area contributed by atoms with E-state index >= 15 is 0 Å². The number of carbonyl (C=O) groups excluding carboxylic acids is 1. The fourth-order valence-corrected chi connectivity index (χ4v) is 5.54. The van der Waals surface area contributed by atoms with Crippen LogP contribution >= 0.6 is 11.3 Å². The molecule has 2 rings (SSSR count). The minimum atomic E-state index is -3.85. The maximum Gasteiger partial charge on any atom is 0.275 e. The summed E-state index contributed by atoms with van der Waals surface area (Å²) in [7, 11) is -2.27. The topological polar surface area (TPSA) is 85.4 Å². The summed E-state index contributed by atoms with van der Waals surface area (Å²) in [4.78, 5) is 16.7. The van der Waals surface area contributed by atoms with Gasteiger partial charge in [0.2, 0.25) is 5.91 Å². The normalized spacial score (nSPS) is 17.6. The first-order chi connectivity index (χ1) is 10.3. The SMILES string of the molecule is COCCC1(C(=O)NS(=O)(=O)c2sc(C)nc2C)CCCC1. The number of ether oxygens (including phenoxy) is 1. The van der Waals surface area contributed by atoms with Crippen molar-refractivity contribution in [3.8, 4) is 0 Å². The second-order valence-corrected chi connectivity index (χ2v) is 8.85. The Morgan fingerprint density at radius 1 is 1.36 bits per heavy atom. The lowest BCUT2D eigenvalue weighted by molar-refractivity contribution is -0.129. The third-order valence-electron chi connectivity index (χ3n) is 4.16. The monoisotopic (exact) mass is 346 g/mol. The lowest BCUT2D eigenvalue weighted by Crippen LogP contribution is -2.42. The van der Waals surface area contributed by atoms with Gasteiger partial charge in [0.15, 0.2) is 4.21 Å². The van der Waals surface area contributed by atoms with Crippen LogP contribution in [0.5, 0.6) is 0 Å². The summed E-state index contributed by atoms with van der Waals surface area (Å²) in [6.07, 6.45) is 3.84. The highest BCUT2D eigenvalue weighted by Crippen LogP contribution is 2.41. The fourth-order valence-electron chi connectivity index (χ4n) is 2.98. The van der Waals surface area contributed by atoms with Gasteiger partial charge in [-0.05, 0) is 33.1 Å². The van der Waals surface area contributed by atoms with Gasteiger partial charge >= 0.3 is 0 Å². The predicted octanol–water partition coefficient (Wildman–Crippen LogP) is 2.16. The number of rotatable bonds is 6. The van der Waals surface area contributed by atoms with E-state index in [2.05, 4.69) is 9.71 Å². The van der Waals surface area contributed by atoms with Gasteiger partial charge in [0.05, 0.1) is 16.1 Å². The number of aryl methyl sites for hydroxylation is 2. The molecule has 1 fully saturated rings. The molecule has 0 saturated heterocycles. The van der Waals surface area contributed by atoms with Crippen LogP contribution in [0.3, 0.4) is 0 Å². The van der Waals surface area contributed by atoms with Gasteiger partial charge in [0, 0.05) is 13.7 Å². The van der Waals surface area contributed by atoms with Gasteiger partial charge in [-0.2, -0.15) is 0 Å². The molecule has 22 heavy (non-hydrogen) atoms. The van der Waals surface area contributed by atoms with Crippen molar-refractivity contribution in [2.45, 2.75) is 50.2 Å². The van der Waals surface area contributed by atoms with Gasteiger partial charge in [-0.3, -0.25) is 4.79 Å². The van der Waals surface area contributed by atoms with Crippen molar-refractivity contribution in [1.82, 2.24) is 9.71 Å². The van der Waals surface area contributed by atoms with E-state index in [9.17, 15) is 13.2 Å². The minimum absolute atomic E-state index is 0.123. The molecule has 1 heterocycles. The minimum Gasteiger partial charge on any atom is -0.385 e. The molecule has 124 valence electrons. The summed E-state index contributed by atoms with van der Waals surface area (Å²) >= 11 is 1.08. The second kappa shape index (κ2) is 6.64. The van der Waals surface area contributed by atoms with E-state index in [1.807, 2.05) is 0 Å². The van der Waals surface area contributed by atoms with Gasteiger partial charge < -0.3 is 4.74 Å². The summed E-state index contributed by atoms with van der Waals surface area (Å²) in [6, 6.07) is 0. The Kier molecular flexibility index (Phi) is 5.24. The third kappa shape index (κ3) is 3.49. The largest absolute Gasteiger partial charge is 0.385 e. The lowest BCUT2D eigenvalue weighted by atomic mass is 9.82. The van der Waals surface area contributed by atoms with Crippen LogP contribution in [-0.2, 0) is 19.6 Å². The Bertz CT molecular complexity index is 646. The molecule has 1 aliphatic rings. The van der Waals surface area contributed by atoms with Crippen molar-refractivity contribution in [3.05, 3.63) is 10.7 Å². The molecule has 0 aromatic carbocycles. The maximum absolute atomic E-state index is 12.6. The second-order valence-electron chi connectivity index (χ2n) is 5.77. The number of amides is 1. The van der Waals surface area contributed by atoms with Crippen molar-refractivity contribution >= 4 is 27.3 Å². The Hall–Kier alpha value is -0.990. The Morgan fingerprint density at radius 2 is 2.00 bits per heavy atom.